The first-order valence-corrected chi connectivity index (χ1v) is 9.90. The van der Waals surface area contributed by atoms with Gasteiger partial charge in [0, 0.05) is 4.88 Å². The molecular formula is C20H20N2O4S. The molecule has 0 bridgehead atoms. The fourth-order valence-electron chi connectivity index (χ4n) is 3.61. The number of carbonyl (C=O) groups excluding carboxylic acids is 2. The van der Waals surface area contributed by atoms with E-state index in [0.29, 0.717) is 5.13 Å². The zero-order valence-electron chi connectivity index (χ0n) is 15.0. The smallest absolute Gasteiger partial charge is 0.340 e. The summed E-state index contributed by atoms with van der Waals surface area (Å²) in [5, 5.41) is 11.0. The Bertz CT molecular complexity index is 896. The zero-order valence-corrected chi connectivity index (χ0v) is 15.8. The third-order valence-electron chi connectivity index (χ3n) is 4.86. The average Bonchev–Trinajstić information content (AvgIpc) is 3.22. The van der Waals surface area contributed by atoms with E-state index in [1.807, 2.05) is 30.3 Å². The van der Waals surface area contributed by atoms with Gasteiger partial charge in [0.15, 0.2) is 10.9 Å². The second kappa shape index (κ2) is 7.15. The molecule has 6 nitrogen and oxygen atoms in total. The number of aryl methyl sites for hydroxylation is 2. The van der Waals surface area contributed by atoms with Crippen molar-refractivity contribution in [1.29, 1.82) is 0 Å². The maximum Gasteiger partial charge on any atom is 0.340 e. The van der Waals surface area contributed by atoms with Crippen LogP contribution in [0.25, 0.3) is 0 Å². The monoisotopic (exact) mass is 384 g/mol. The van der Waals surface area contributed by atoms with Crippen molar-refractivity contribution in [2.24, 2.45) is 0 Å². The van der Waals surface area contributed by atoms with Gasteiger partial charge in [-0.05, 0) is 38.2 Å². The van der Waals surface area contributed by atoms with Crippen LogP contribution in [0.3, 0.4) is 0 Å². The first-order valence-electron chi connectivity index (χ1n) is 9.09. The van der Waals surface area contributed by atoms with E-state index in [0.717, 1.165) is 36.9 Å². The van der Waals surface area contributed by atoms with Gasteiger partial charge in [-0.2, -0.15) is 0 Å². The molecule has 1 aliphatic heterocycles. The summed E-state index contributed by atoms with van der Waals surface area (Å²) in [6.45, 7) is 1.85. The number of aliphatic hydroxyl groups excluding tert-OH is 1. The number of fused-ring (bicyclic) bond motifs is 1. The van der Waals surface area contributed by atoms with Gasteiger partial charge in [-0.15, -0.1) is 11.3 Å². The Labute approximate surface area is 161 Å². The number of hydrogen-bond donors (Lipinski definition) is 1. The lowest BCUT2D eigenvalue weighted by Crippen LogP contribution is -2.31. The van der Waals surface area contributed by atoms with Crippen LogP contribution in [-0.4, -0.2) is 28.6 Å². The number of ether oxygens (including phenoxy) is 1. The molecule has 0 spiro atoms. The van der Waals surface area contributed by atoms with E-state index in [-0.39, 0.29) is 12.2 Å². The minimum atomic E-state index is -0.745. The van der Waals surface area contributed by atoms with Gasteiger partial charge in [-0.3, -0.25) is 9.69 Å². The number of esters is 1. The van der Waals surface area contributed by atoms with Crippen molar-refractivity contribution in [2.45, 2.75) is 38.6 Å². The minimum absolute atomic E-state index is 0.0266. The predicted octanol–water partition coefficient (Wildman–Crippen LogP) is 3.49. The third-order valence-corrected chi connectivity index (χ3v) is 6.02. The molecule has 0 saturated heterocycles. The molecule has 1 atom stereocenters. The topological polar surface area (TPSA) is 79.7 Å². The molecule has 2 aromatic rings. The standard InChI is InChI=1S/C20H20N2O4S/c1-2-26-19(25)15-16(12-8-4-3-5-9-12)22(18(24)17(15)23)20-21-13-10-6-7-11-14(13)27-20/h3-5,8-9,16,23H,2,6-7,10-11H2,1H3. The molecule has 1 aromatic carbocycles. The minimum Gasteiger partial charge on any atom is -0.503 e. The summed E-state index contributed by atoms with van der Waals surface area (Å²) >= 11 is 1.47. The molecule has 1 amide bonds. The van der Waals surface area contributed by atoms with Crippen LogP contribution < -0.4 is 4.90 Å². The van der Waals surface area contributed by atoms with Gasteiger partial charge in [0.05, 0.1) is 12.3 Å². The molecule has 1 aromatic heterocycles. The van der Waals surface area contributed by atoms with Crippen molar-refractivity contribution < 1.29 is 19.4 Å². The van der Waals surface area contributed by atoms with E-state index in [4.69, 9.17) is 4.74 Å². The Balaban J connectivity index is 1.82. The summed E-state index contributed by atoms with van der Waals surface area (Å²) in [7, 11) is 0. The summed E-state index contributed by atoms with van der Waals surface area (Å²) in [5.74, 6) is -1.85. The van der Waals surface area contributed by atoms with Crippen molar-refractivity contribution in [2.75, 3.05) is 11.5 Å². The number of carbonyl (C=O) groups is 2. The van der Waals surface area contributed by atoms with Gasteiger partial charge in [0.25, 0.3) is 5.91 Å². The summed E-state index contributed by atoms with van der Waals surface area (Å²) in [4.78, 5) is 32.7. The molecule has 2 aliphatic rings. The Morgan fingerprint density at radius 1 is 1.30 bits per heavy atom. The van der Waals surface area contributed by atoms with Crippen molar-refractivity contribution in [3.63, 3.8) is 0 Å². The third kappa shape index (κ3) is 3.02. The number of rotatable bonds is 4. The molecule has 0 fully saturated rings. The molecule has 1 N–H and O–H groups in total. The number of nitrogens with zero attached hydrogens (tertiary/aromatic N) is 2. The highest BCUT2D eigenvalue weighted by Gasteiger charge is 2.46. The highest BCUT2D eigenvalue weighted by Crippen LogP contribution is 2.43. The van der Waals surface area contributed by atoms with Gasteiger partial charge in [-0.25, -0.2) is 9.78 Å². The molecule has 27 heavy (non-hydrogen) atoms. The molecule has 0 saturated carbocycles. The predicted molar refractivity (Wildman–Crippen MR) is 102 cm³/mol. The second-order valence-electron chi connectivity index (χ2n) is 6.54. The van der Waals surface area contributed by atoms with Crippen LogP contribution in [-0.2, 0) is 27.2 Å². The van der Waals surface area contributed by atoms with E-state index in [1.165, 1.54) is 21.1 Å². The molecular weight excluding hydrogens is 364 g/mol. The van der Waals surface area contributed by atoms with E-state index < -0.39 is 23.7 Å². The van der Waals surface area contributed by atoms with Gasteiger partial charge in [0.2, 0.25) is 0 Å². The Kier molecular flexibility index (Phi) is 4.70. The number of aliphatic hydroxyl groups is 1. The van der Waals surface area contributed by atoms with Gasteiger partial charge in [0.1, 0.15) is 11.6 Å². The summed E-state index contributed by atoms with van der Waals surface area (Å²) < 4.78 is 5.11. The Morgan fingerprint density at radius 2 is 2.04 bits per heavy atom. The highest BCUT2D eigenvalue weighted by atomic mass is 32.1. The summed E-state index contributed by atoms with van der Waals surface area (Å²) in [5.41, 5.74) is 1.72. The molecule has 1 aliphatic carbocycles. The van der Waals surface area contributed by atoms with Crippen molar-refractivity contribution in [1.82, 2.24) is 4.98 Å². The lowest BCUT2D eigenvalue weighted by atomic mass is 9.99. The van der Waals surface area contributed by atoms with E-state index >= 15 is 0 Å². The number of anilines is 1. The van der Waals surface area contributed by atoms with Gasteiger partial charge < -0.3 is 9.84 Å². The van der Waals surface area contributed by atoms with Crippen LogP contribution in [0.4, 0.5) is 5.13 Å². The van der Waals surface area contributed by atoms with Crippen molar-refractivity contribution in [3.05, 3.63) is 57.8 Å². The quantitative estimate of drug-likeness (QED) is 0.817. The maximum atomic E-state index is 12.9. The number of thiazole rings is 1. The first-order chi connectivity index (χ1) is 13.1. The first kappa shape index (κ1) is 17.7. The van der Waals surface area contributed by atoms with E-state index in [9.17, 15) is 14.7 Å². The Hall–Kier alpha value is -2.67. The van der Waals surface area contributed by atoms with E-state index in [2.05, 4.69) is 4.98 Å². The number of benzene rings is 1. The fraction of sp³-hybridized carbons (Fsp3) is 0.350. The van der Waals surface area contributed by atoms with Gasteiger partial charge in [-0.1, -0.05) is 30.3 Å². The highest BCUT2D eigenvalue weighted by molar-refractivity contribution is 7.16. The number of amides is 1. The number of aromatic nitrogens is 1. The maximum absolute atomic E-state index is 12.9. The zero-order chi connectivity index (χ0) is 19.0. The molecule has 2 heterocycles. The molecule has 1 unspecified atom stereocenters. The van der Waals surface area contributed by atoms with Crippen LogP contribution in [0.2, 0.25) is 0 Å². The van der Waals surface area contributed by atoms with Crippen molar-refractivity contribution >= 4 is 28.3 Å². The second-order valence-corrected chi connectivity index (χ2v) is 7.61. The molecule has 4 rings (SSSR count). The fourth-order valence-corrected chi connectivity index (χ4v) is 4.79. The van der Waals surface area contributed by atoms with Crippen LogP contribution in [0.5, 0.6) is 0 Å². The lowest BCUT2D eigenvalue weighted by Gasteiger charge is -2.24. The largest absolute Gasteiger partial charge is 0.503 e. The van der Waals surface area contributed by atoms with Crippen LogP contribution in [0, 0.1) is 0 Å². The molecule has 140 valence electrons. The van der Waals surface area contributed by atoms with Crippen LogP contribution in [0.1, 0.15) is 41.9 Å². The van der Waals surface area contributed by atoms with Crippen LogP contribution >= 0.6 is 11.3 Å². The normalized spacial score (nSPS) is 19.4. The molecule has 7 heteroatoms. The lowest BCUT2D eigenvalue weighted by molar-refractivity contribution is -0.139. The SMILES string of the molecule is CCOC(=O)C1=C(O)C(=O)N(c2nc3c(s2)CCCC3)C1c1ccccc1. The summed E-state index contributed by atoms with van der Waals surface area (Å²) in [6, 6.07) is 8.45. The van der Waals surface area contributed by atoms with Crippen LogP contribution in [0.15, 0.2) is 41.7 Å². The summed E-state index contributed by atoms with van der Waals surface area (Å²) in [6.07, 6.45) is 4.05. The molecule has 0 radical (unpaired) electrons. The average molecular weight is 384 g/mol. The van der Waals surface area contributed by atoms with E-state index in [1.54, 1.807) is 6.92 Å². The van der Waals surface area contributed by atoms with Crippen molar-refractivity contribution in [3.8, 4) is 0 Å². The number of hydrogen-bond acceptors (Lipinski definition) is 6. The Morgan fingerprint density at radius 3 is 2.74 bits per heavy atom. The van der Waals surface area contributed by atoms with Gasteiger partial charge >= 0.3 is 5.97 Å².